The molecule has 0 spiro atoms. The van der Waals surface area contributed by atoms with Crippen LogP contribution in [0.1, 0.15) is 30.1 Å². The van der Waals surface area contributed by atoms with E-state index in [1.165, 1.54) is 11.8 Å². The van der Waals surface area contributed by atoms with Crippen molar-refractivity contribution in [3.8, 4) is 0 Å². The third-order valence-electron chi connectivity index (χ3n) is 5.16. The molecule has 8 nitrogen and oxygen atoms in total. The molecular formula is C22H21N3O5. The maximum atomic E-state index is 12.9. The molecule has 30 heavy (non-hydrogen) atoms. The van der Waals surface area contributed by atoms with Crippen LogP contribution in [0.15, 0.2) is 48.5 Å². The van der Waals surface area contributed by atoms with E-state index in [1.807, 2.05) is 0 Å². The highest BCUT2D eigenvalue weighted by Crippen LogP contribution is 2.29. The Balaban J connectivity index is 1.44. The minimum atomic E-state index is -1.07. The number of anilines is 3. The standard InChI is InChI=1S/C22H21N3O5/c1-14(21(28)25-13-19(26)23-17-5-2-3-6-18(17)25)30-22(29)15-8-10-16(11-9-15)24-12-4-7-20(24)27/h2-3,5-6,8-11,14H,4,7,12-13H2,1H3,(H,23,26)/t14-/m1/s1. The number of para-hydroxylation sites is 2. The van der Waals surface area contributed by atoms with Crippen molar-refractivity contribution >= 4 is 40.8 Å². The van der Waals surface area contributed by atoms with E-state index in [1.54, 1.807) is 53.4 Å². The van der Waals surface area contributed by atoms with Gasteiger partial charge in [0.2, 0.25) is 11.8 Å². The number of amides is 3. The van der Waals surface area contributed by atoms with E-state index in [9.17, 15) is 19.2 Å². The van der Waals surface area contributed by atoms with Crippen molar-refractivity contribution in [2.24, 2.45) is 0 Å². The number of hydrogen-bond donors (Lipinski definition) is 1. The first-order valence-electron chi connectivity index (χ1n) is 9.76. The summed E-state index contributed by atoms with van der Waals surface area (Å²) in [4.78, 5) is 52.1. The van der Waals surface area contributed by atoms with Gasteiger partial charge in [-0.15, -0.1) is 0 Å². The largest absolute Gasteiger partial charge is 0.449 e. The van der Waals surface area contributed by atoms with E-state index < -0.39 is 18.0 Å². The van der Waals surface area contributed by atoms with Gasteiger partial charge in [0.25, 0.3) is 5.91 Å². The van der Waals surface area contributed by atoms with E-state index in [0.717, 1.165) is 12.1 Å². The minimum absolute atomic E-state index is 0.0652. The molecule has 0 bridgehead atoms. The van der Waals surface area contributed by atoms with Crippen molar-refractivity contribution in [2.75, 3.05) is 28.2 Å². The third kappa shape index (κ3) is 3.76. The lowest BCUT2D eigenvalue weighted by Gasteiger charge is -2.30. The molecule has 0 radical (unpaired) electrons. The molecule has 1 N–H and O–H groups in total. The van der Waals surface area contributed by atoms with Crippen LogP contribution < -0.4 is 15.1 Å². The van der Waals surface area contributed by atoms with Crippen LogP contribution in [0, 0.1) is 0 Å². The zero-order valence-corrected chi connectivity index (χ0v) is 16.5. The average molecular weight is 407 g/mol. The van der Waals surface area contributed by atoms with Gasteiger partial charge in [-0.05, 0) is 49.7 Å². The van der Waals surface area contributed by atoms with Crippen molar-refractivity contribution in [1.82, 2.24) is 0 Å². The molecule has 4 rings (SSSR count). The lowest BCUT2D eigenvalue weighted by Crippen LogP contribution is -2.47. The molecule has 1 atom stereocenters. The molecule has 0 saturated carbocycles. The number of esters is 1. The average Bonchev–Trinajstić information content (AvgIpc) is 3.18. The highest BCUT2D eigenvalue weighted by molar-refractivity contribution is 6.11. The number of ether oxygens (including phenoxy) is 1. The quantitative estimate of drug-likeness (QED) is 0.785. The zero-order chi connectivity index (χ0) is 21.3. The molecule has 0 unspecified atom stereocenters. The Kier molecular flexibility index (Phi) is 5.22. The fourth-order valence-electron chi connectivity index (χ4n) is 3.63. The Labute approximate surface area is 173 Å². The molecule has 8 heteroatoms. The Bertz CT molecular complexity index is 1020. The van der Waals surface area contributed by atoms with E-state index >= 15 is 0 Å². The topological polar surface area (TPSA) is 96.0 Å². The SMILES string of the molecule is C[C@@H](OC(=O)c1ccc(N2CCCC2=O)cc1)C(=O)N1CC(=O)Nc2ccccc21. The number of nitrogens with one attached hydrogen (secondary N) is 1. The highest BCUT2D eigenvalue weighted by Gasteiger charge is 2.31. The third-order valence-corrected chi connectivity index (χ3v) is 5.16. The van der Waals surface area contributed by atoms with Gasteiger partial charge in [-0.1, -0.05) is 12.1 Å². The van der Waals surface area contributed by atoms with Gasteiger partial charge < -0.3 is 15.0 Å². The highest BCUT2D eigenvalue weighted by atomic mass is 16.5. The van der Waals surface area contributed by atoms with Crippen molar-refractivity contribution < 1.29 is 23.9 Å². The predicted molar refractivity (Wildman–Crippen MR) is 110 cm³/mol. The van der Waals surface area contributed by atoms with Gasteiger partial charge in [-0.25, -0.2) is 4.79 Å². The van der Waals surface area contributed by atoms with Crippen LogP contribution in [-0.4, -0.2) is 42.9 Å². The summed E-state index contributed by atoms with van der Waals surface area (Å²) in [7, 11) is 0. The van der Waals surface area contributed by atoms with Crippen LogP contribution in [0.4, 0.5) is 17.1 Å². The smallest absolute Gasteiger partial charge is 0.338 e. The van der Waals surface area contributed by atoms with Crippen molar-refractivity contribution in [3.63, 3.8) is 0 Å². The van der Waals surface area contributed by atoms with E-state index in [-0.39, 0.29) is 23.9 Å². The fourth-order valence-corrected chi connectivity index (χ4v) is 3.63. The molecule has 154 valence electrons. The lowest BCUT2D eigenvalue weighted by atomic mass is 10.1. The summed E-state index contributed by atoms with van der Waals surface area (Å²) in [6.07, 6.45) is 0.275. The number of benzene rings is 2. The van der Waals surface area contributed by atoms with Crippen LogP contribution in [0.5, 0.6) is 0 Å². The maximum absolute atomic E-state index is 12.9. The first-order chi connectivity index (χ1) is 14.4. The summed E-state index contributed by atoms with van der Waals surface area (Å²) in [5.41, 5.74) is 2.10. The van der Waals surface area contributed by atoms with Crippen molar-refractivity contribution in [1.29, 1.82) is 0 Å². The van der Waals surface area contributed by atoms with Crippen LogP contribution >= 0.6 is 0 Å². The molecule has 1 saturated heterocycles. The van der Waals surface area contributed by atoms with Crippen LogP contribution in [-0.2, 0) is 19.1 Å². The van der Waals surface area contributed by atoms with Crippen LogP contribution in [0.2, 0.25) is 0 Å². The van der Waals surface area contributed by atoms with Gasteiger partial charge in [0.15, 0.2) is 6.10 Å². The first-order valence-corrected chi connectivity index (χ1v) is 9.76. The molecule has 2 heterocycles. The molecule has 0 aromatic heterocycles. The lowest BCUT2D eigenvalue weighted by molar-refractivity contribution is -0.128. The first kappa shape index (κ1) is 19.6. The van der Waals surface area contributed by atoms with Gasteiger partial charge >= 0.3 is 5.97 Å². The Morgan fingerprint density at radius 2 is 1.80 bits per heavy atom. The van der Waals surface area contributed by atoms with E-state index in [4.69, 9.17) is 4.74 Å². The molecule has 1 fully saturated rings. The van der Waals surface area contributed by atoms with E-state index in [2.05, 4.69) is 5.32 Å². The molecule has 2 aliphatic rings. The van der Waals surface area contributed by atoms with Gasteiger partial charge in [0.05, 0.1) is 16.9 Å². The van der Waals surface area contributed by atoms with Crippen molar-refractivity contribution in [2.45, 2.75) is 25.9 Å². The molecule has 0 aliphatic carbocycles. The summed E-state index contributed by atoms with van der Waals surface area (Å²) in [6, 6.07) is 13.5. The van der Waals surface area contributed by atoms with Gasteiger partial charge in [0, 0.05) is 18.7 Å². The van der Waals surface area contributed by atoms with E-state index in [0.29, 0.717) is 24.3 Å². The molecule has 2 aromatic rings. The predicted octanol–water partition coefficient (Wildman–Crippen LogP) is 2.34. The summed E-state index contributed by atoms with van der Waals surface area (Å²) < 4.78 is 5.35. The number of nitrogens with zero attached hydrogens (tertiary/aromatic N) is 2. The Morgan fingerprint density at radius 3 is 2.50 bits per heavy atom. The van der Waals surface area contributed by atoms with Gasteiger partial charge in [-0.3, -0.25) is 19.3 Å². The minimum Gasteiger partial charge on any atom is -0.449 e. The molecule has 3 amide bonds. The van der Waals surface area contributed by atoms with Gasteiger partial charge in [0.1, 0.15) is 6.54 Å². The summed E-state index contributed by atoms with van der Waals surface area (Å²) in [5, 5.41) is 2.71. The number of hydrogen-bond acceptors (Lipinski definition) is 5. The second kappa shape index (κ2) is 7.98. The maximum Gasteiger partial charge on any atom is 0.338 e. The van der Waals surface area contributed by atoms with Crippen LogP contribution in [0.3, 0.4) is 0 Å². The second-order valence-electron chi connectivity index (χ2n) is 7.23. The summed E-state index contributed by atoms with van der Waals surface area (Å²) in [5.74, 6) is -1.38. The number of fused-ring (bicyclic) bond motifs is 1. The summed E-state index contributed by atoms with van der Waals surface area (Å²) in [6.45, 7) is 2.00. The fraction of sp³-hybridized carbons (Fsp3) is 0.273. The number of carbonyl (C=O) groups excluding carboxylic acids is 4. The number of rotatable bonds is 4. The normalized spacial score (nSPS) is 16.7. The monoisotopic (exact) mass is 407 g/mol. The Morgan fingerprint density at radius 1 is 1.07 bits per heavy atom. The number of carbonyl (C=O) groups is 4. The second-order valence-corrected chi connectivity index (χ2v) is 7.23. The molecule has 2 aromatic carbocycles. The molecular weight excluding hydrogens is 386 g/mol. The molecule has 2 aliphatic heterocycles. The summed E-state index contributed by atoms with van der Waals surface area (Å²) >= 11 is 0. The zero-order valence-electron chi connectivity index (χ0n) is 16.5. The van der Waals surface area contributed by atoms with Crippen LogP contribution in [0.25, 0.3) is 0 Å². The van der Waals surface area contributed by atoms with Crippen molar-refractivity contribution in [3.05, 3.63) is 54.1 Å². The Hall–Kier alpha value is -3.68. The van der Waals surface area contributed by atoms with Gasteiger partial charge in [-0.2, -0.15) is 0 Å².